The molecule has 2 aromatic rings. The van der Waals surface area contributed by atoms with Crippen LogP contribution in [0.1, 0.15) is 34.8 Å². The van der Waals surface area contributed by atoms with Gasteiger partial charge in [-0.05, 0) is 56.2 Å². The summed E-state index contributed by atoms with van der Waals surface area (Å²) in [6.45, 7) is 6.70. The molecule has 0 radical (unpaired) electrons. The van der Waals surface area contributed by atoms with Crippen LogP contribution < -0.4 is 14.2 Å². The summed E-state index contributed by atoms with van der Waals surface area (Å²) in [4.78, 5) is 11.7. The Balaban J connectivity index is 1.85. The second kappa shape index (κ2) is 8.39. The van der Waals surface area contributed by atoms with E-state index in [2.05, 4.69) is 19.9 Å². The van der Waals surface area contributed by atoms with E-state index in [-0.39, 0.29) is 5.78 Å². The number of carbonyl (C=O) groups excluding carboxylic acids is 1. The molecule has 4 heteroatoms. The van der Waals surface area contributed by atoms with Gasteiger partial charge in [0.25, 0.3) is 0 Å². The number of rotatable bonds is 8. The Morgan fingerprint density at radius 2 is 1.62 bits per heavy atom. The molecule has 2 rings (SSSR count). The highest BCUT2D eigenvalue weighted by atomic mass is 16.5. The summed E-state index contributed by atoms with van der Waals surface area (Å²) in [5.74, 6) is 2.05. The van der Waals surface area contributed by atoms with Crippen molar-refractivity contribution in [3.8, 4) is 17.2 Å². The first-order valence-electron chi connectivity index (χ1n) is 8.03. The Bertz CT molecular complexity index is 707. The number of carbonyl (C=O) groups is 1. The van der Waals surface area contributed by atoms with Gasteiger partial charge in [-0.1, -0.05) is 6.07 Å². The predicted octanol–water partition coefficient (Wildman–Crippen LogP) is 4.36. The molecule has 24 heavy (non-hydrogen) atoms. The van der Waals surface area contributed by atoms with Gasteiger partial charge in [-0.15, -0.1) is 0 Å². The fourth-order valence-electron chi connectivity index (χ4n) is 2.27. The minimum Gasteiger partial charge on any atom is -0.497 e. The quantitative estimate of drug-likeness (QED) is 0.533. The Kier molecular flexibility index (Phi) is 6.24. The molecule has 0 spiro atoms. The molecule has 0 aromatic heterocycles. The zero-order chi connectivity index (χ0) is 17.5. The maximum atomic E-state index is 11.7. The van der Waals surface area contributed by atoms with Gasteiger partial charge < -0.3 is 14.2 Å². The van der Waals surface area contributed by atoms with Crippen molar-refractivity contribution in [1.29, 1.82) is 0 Å². The molecule has 0 atom stereocenters. The molecule has 0 amide bonds. The third-order valence-electron chi connectivity index (χ3n) is 3.86. The van der Waals surface area contributed by atoms with E-state index >= 15 is 0 Å². The van der Waals surface area contributed by atoms with E-state index in [9.17, 15) is 4.79 Å². The smallest absolute Gasteiger partial charge is 0.163 e. The Hall–Kier alpha value is -2.49. The van der Waals surface area contributed by atoms with E-state index in [0.29, 0.717) is 30.3 Å². The topological polar surface area (TPSA) is 44.8 Å². The van der Waals surface area contributed by atoms with E-state index in [4.69, 9.17) is 14.2 Å². The third-order valence-corrected chi connectivity index (χ3v) is 3.86. The first-order valence-corrected chi connectivity index (χ1v) is 8.03. The van der Waals surface area contributed by atoms with Crippen LogP contribution in [-0.2, 0) is 0 Å². The number of methoxy groups -OCH3 is 1. The summed E-state index contributed by atoms with van der Waals surface area (Å²) in [6, 6.07) is 11.3. The van der Waals surface area contributed by atoms with E-state index in [1.807, 2.05) is 12.1 Å². The van der Waals surface area contributed by atoms with Crippen molar-refractivity contribution >= 4 is 5.78 Å². The van der Waals surface area contributed by atoms with Gasteiger partial charge in [-0.2, -0.15) is 0 Å². The van der Waals surface area contributed by atoms with Gasteiger partial charge in [0.2, 0.25) is 0 Å². The molecule has 0 aliphatic heterocycles. The van der Waals surface area contributed by atoms with Gasteiger partial charge in [0.15, 0.2) is 5.78 Å². The number of aryl methyl sites for hydroxylation is 2. The van der Waals surface area contributed by atoms with E-state index in [0.717, 1.165) is 12.2 Å². The number of ketones is 1. The van der Waals surface area contributed by atoms with Crippen molar-refractivity contribution in [1.82, 2.24) is 0 Å². The summed E-state index contributed by atoms with van der Waals surface area (Å²) in [5.41, 5.74) is 3.03. The van der Waals surface area contributed by atoms with Gasteiger partial charge in [-0.3, -0.25) is 4.79 Å². The highest BCUT2D eigenvalue weighted by Gasteiger charge is 2.10. The molecular formula is C20H24O4. The average molecular weight is 328 g/mol. The molecule has 2 aromatic carbocycles. The first-order chi connectivity index (χ1) is 11.5. The van der Waals surface area contributed by atoms with Crippen LogP contribution in [0.5, 0.6) is 17.2 Å². The van der Waals surface area contributed by atoms with Gasteiger partial charge in [0.1, 0.15) is 17.2 Å². The largest absolute Gasteiger partial charge is 0.497 e. The molecule has 0 N–H and O–H groups in total. The van der Waals surface area contributed by atoms with Crippen LogP contribution in [0, 0.1) is 13.8 Å². The normalized spacial score (nSPS) is 10.3. The molecular weight excluding hydrogens is 304 g/mol. The number of hydrogen-bond donors (Lipinski definition) is 0. The summed E-state index contributed by atoms with van der Waals surface area (Å²) < 4.78 is 16.7. The van der Waals surface area contributed by atoms with Crippen LogP contribution in [0.15, 0.2) is 36.4 Å². The van der Waals surface area contributed by atoms with Crippen molar-refractivity contribution < 1.29 is 19.0 Å². The lowest BCUT2D eigenvalue weighted by Crippen LogP contribution is -2.07. The number of Topliss-reactive ketones (excluding diaryl/α,β-unsaturated/α-hetero) is 1. The molecule has 0 aliphatic carbocycles. The monoisotopic (exact) mass is 328 g/mol. The minimum atomic E-state index is -0.0287. The van der Waals surface area contributed by atoms with E-state index in [1.54, 1.807) is 25.3 Å². The molecule has 0 saturated carbocycles. The lowest BCUT2D eigenvalue weighted by molar-refractivity contribution is 0.101. The molecule has 0 heterocycles. The lowest BCUT2D eigenvalue weighted by Gasteiger charge is -2.12. The van der Waals surface area contributed by atoms with Crippen molar-refractivity contribution in [3.05, 3.63) is 53.1 Å². The summed E-state index contributed by atoms with van der Waals surface area (Å²) >= 11 is 0. The summed E-state index contributed by atoms with van der Waals surface area (Å²) in [6.07, 6.45) is 0.724. The maximum absolute atomic E-state index is 11.7. The SMILES string of the molecule is COc1ccc(C(C)=O)c(OCCCOc2ccc(C)c(C)c2)c1. The highest BCUT2D eigenvalue weighted by molar-refractivity contribution is 5.97. The molecule has 0 fully saturated rings. The van der Waals surface area contributed by atoms with E-state index < -0.39 is 0 Å². The molecule has 0 bridgehead atoms. The molecule has 128 valence electrons. The van der Waals surface area contributed by atoms with Crippen LogP contribution in [0.4, 0.5) is 0 Å². The second-order valence-corrected chi connectivity index (χ2v) is 5.71. The zero-order valence-electron chi connectivity index (χ0n) is 14.7. The maximum Gasteiger partial charge on any atom is 0.163 e. The fraction of sp³-hybridized carbons (Fsp3) is 0.350. The van der Waals surface area contributed by atoms with Crippen LogP contribution in [0.2, 0.25) is 0 Å². The van der Waals surface area contributed by atoms with Crippen molar-refractivity contribution in [2.75, 3.05) is 20.3 Å². The standard InChI is InChI=1S/C20H24O4/c1-14-6-7-18(12-15(14)2)23-10-5-11-24-20-13-17(22-4)8-9-19(20)16(3)21/h6-9,12-13H,5,10-11H2,1-4H3. The number of hydrogen-bond acceptors (Lipinski definition) is 4. The van der Waals surface area contributed by atoms with Crippen LogP contribution in [0.3, 0.4) is 0 Å². The van der Waals surface area contributed by atoms with Gasteiger partial charge in [0.05, 0.1) is 25.9 Å². The van der Waals surface area contributed by atoms with Crippen LogP contribution in [-0.4, -0.2) is 26.1 Å². The molecule has 0 saturated heterocycles. The van der Waals surface area contributed by atoms with Crippen molar-refractivity contribution in [2.24, 2.45) is 0 Å². The van der Waals surface area contributed by atoms with Gasteiger partial charge in [-0.25, -0.2) is 0 Å². The lowest BCUT2D eigenvalue weighted by atomic mass is 10.1. The van der Waals surface area contributed by atoms with Crippen LogP contribution in [0.25, 0.3) is 0 Å². The fourth-order valence-corrected chi connectivity index (χ4v) is 2.27. The first kappa shape index (κ1) is 17.9. The Labute approximate surface area is 143 Å². The summed E-state index contributed by atoms with van der Waals surface area (Å²) in [7, 11) is 1.59. The van der Waals surface area contributed by atoms with Gasteiger partial charge in [0, 0.05) is 12.5 Å². The molecule has 0 aliphatic rings. The van der Waals surface area contributed by atoms with Crippen molar-refractivity contribution in [3.63, 3.8) is 0 Å². The highest BCUT2D eigenvalue weighted by Crippen LogP contribution is 2.25. The Morgan fingerprint density at radius 1 is 0.917 bits per heavy atom. The zero-order valence-corrected chi connectivity index (χ0v) is 14.7. The number of ether oxygens (including phenoxy) is 3. The van der Waals surface area contributed by atoms with Crippen molar-refractivity contribution in [2.45, 2.75) is 27.2 Å². The number of benzene rings is 2. The Morgan fingerprint density at radius 3 is 2.29 bits per heavy atom. The second-order valence-electron chi connectivity index (χ2n) is 5.71. The third kappa shape index (κ3) is 4.75. The summed E-state index contributed by atoms with van der Waals surface area (Å²) in [5, 5.41) is 0. The minimum absolute atomic E-state index is 0.0287. The average Bonchev–Trinajstić information content (AvgIpc) is 2.57. The predicted molar refractivity (Wildman–Crippen MR) is 94.5 cm³/mol. The van der Waals surface area contributed by atoms with Crippen LogP contribution >= 0.6 is 0 Å². The van der Waals surface area contributed by atoms with Gasteiger partial charge >= 0.3 is 0 Å². The molecule has 4 nitrogen and oxygen atoms in total. The molecule has 0 unspecified atom stereocenters. The van der Waals surface area contributed by atoms with E-state index in [1.165, 1.54) is 18.1 Å².